The van der Waals surface area contributed by atoms with Crippen LogP contribution in [0.3, 0.4) is 0 Å². The molecule has 3 aromatic rings. The maximum absolute atomic E-state index is 12.7. The minimum Gasteiger partial charge on any atom is -0.485 e. The monoisotopic (exact) mass is 401 g/mol. The summed E-state index contributed by atoms with van der Waals surface area (Å²) in [6.07, 6.45) is -0.928. The van der Waals surface area contributed by atoms with E-state index in [4.69, 9.17) is 14.2 Å². The molecule has 0 aromatic heterocycles. The van der Waals surface area contributed by atoms with E-state index in [9.17, 15) is 14.4 Å². The second kappa shape index (κ2) is 7.04. The van der Waals surface area contributed by atoms with Gasteiger partial charge in [-0.3, -0.25) is 9.59 Å². The van der Waals surface area contributed by atoms with E-state index in [0.717, 1.165) is 4.90 Å². The summed E-state index contributed by atoms with van der Waals surface area (Å²) in [5, 5.41) is 0. The van der Waals surface area contributed by atoms with Crippen molar-refractivity contribution in [2.45, 2.75) is 6.10 Å². The first kappa shape index (κ1) is 17.9. The van der Waals surface area contributed by atoms with E-state index in [1.54, 1.807) is 60.7 Å². The molecule has 2 heterocycles. The lowest BCUT2D eigenvalue weighted by Crippen LogP contribution is -2.39. The summed E-state index contributed by atoms with van der Waals surface area (Å²) in [4.78, 5) is 38.9. The van der Waals surface area contributed by atoms with Crippen molar-refractivity contribution in [3.8, 4) is 17.2 Å². The molecule has 7 heteroatoms. The van der Waals surface area contributed by atoms with Gasteiger partial charge in [0.2, 0.25) is 6.10 Å². The van der Waals surface area contributed by atoms with Crippen LogP contribution in [0.1, 0.15) is 20.7 Å². The number of hydrogen-bond acceptors (Lipinski definition) is 6. The fourth-order valence-electron chi connectivity index (χ4n) is 3.43. The first-order chi connectivity index (χ1) is 14.6. The largest absolute Gasteiger partial charge is 0.485 e. The maximum Gasteiger partial charge on any atom is 0.356 e. The predicted molar refractivity (Wildman–Crippen MR) is 106 cm³/mol. The molecule has 0 saturated heterocycles. The van der Waals surface area contributed by atoms with Crippen LogP contribution in [-0.2, 0) is 4.79 Å². The minimum atomic E-state index is -0.928. The van der Waals surface area contributed by atoms with Gasteiger partial charge in [-0.15, -0.1) is 0 Å². The Bertz CT molecular complexity index is 1150. The smallest absolute Gasteiger partial charge is 0.356 e. The number of ether oxygens (including phenoxy) is 3. The third-order valence-corrected chi connectivity index (χ3v) is 4.86. The molecule has 0 radical (unpaired) electrons. The number of anilines is 1. The van der Waals surface area contributed by atoms with Crippen molar-refractivity contribution in [3.63, 3.8) is 0 Å². The number of carbonyl (C=O) groups excluding carboxylic acids is 3. The Kier molecular flexibility index (Phi) is 4.21. The van der Waals surface area contributed by atoms with E-state index < -0.39 is 23.9 Å². The molecule has 2 amide bonds. The molecular weight excluding hydrogens is 386 g/mol. The fourth-order valence-corrected chi connectivity index (χ4v) is 3.43. The predicted octanol–water partition coefficient (Wildman–Crippen LogP) is 3.23. The molecule has 0 saturated carbocycles. The van der Waals surface area contributed by atoms with E-state index in [1.165, 1.54) is 6.07 Å². The Morgan fingerprint density at radius 2 is 1.53 bits per heavy atom. The van der Waals surface area contributed by atoms with Crippen LogP contribution < -0.4 is 19.1 Å². The number of amides is 2. The molecule has 0 spiro atoms. The number of rotatable bonds is 3. The van der Waals surface area contributed by atoms with Crippen LogP contribution in [0.5, 0.6) is 17.2 Å². The first-order valence-electron chi connectivity index (χ1n) is 9.30. The highest BCUT2D eigenvalue weighted by molar-refractivity contribution is 6.34. The zero-order chi connectivity index (χ0) is 20.7. The first-order valence-corrected chi connectivity index (χ1v) is 9.30. The third-order valence-electron chi connectivity index (χ3n) is 4.86. The Morgan fingerprint density at radius 1 is 0.867 bits per heavy atom. The number of carbonyl (C=O) groups is 3. The zero-order valence-corrected chi connectivity index (χ0v) is 15.6. The summed E-state index contributed by atoms with van der Waals surface area (Å²) in [5.74, 6) is -0.250. The molecule has 0 aliphatic carbocycles. The summed E-state index contributed by atoms with van der Waals surface area (Å²) in [5.41, 5.74) is 1.00. The topological polar surface area (TPSA) is 82.1 Å². The molecule has 1 atom stereocenters. The maximum atomic E-state index is 12.7. The number of hydrogen-bond donors (Lipinski definition) is 0. The van der Waals surface area contributed by atoms with Crippen LogP contribution in [0.25, 0.3) is 0 Å². The van der Waals surface area contributed by atoms with Gasteiger partial charge in [0, 0.05) is 6.07 Å². The Balaban J connectivity index is 1.35. The van der Waals surface area contributed by atoms with E-state index in [2.05, 4.69) is 0 Å². The van der Waals surface area contributed by atoms with Crippen molar-refractivity contribution in [2.24, 2.45) is 0 Å². The fraction of sp³-hybridized carbons (Fsp3) is 0.0870. The van der Waals surface area contributed by atoms with Crippen molar-refractivity contribution in [2.75, 3.05) is 11.5 Å². The van der Waals surface area contributed by atoms with Crippen molar-refractivity contribution in [1.29, 1.82) is 0 Å². The molecule has 3 aromatic carbocycles. The molecule has 5 rings (SSSR count). The number of para-hydroxylation sites is 2. The van der Waals surface area contributed by atoms with Gasteiger partial charge < -0.3 is 14.2 Å². The number of nitrogens with zero attached hydrogens (tertiary/aromatic N) is 1. The van der Waals surface area contributed by atoms with Gasteiger partial charge in [0.15, 0.2) is 11.5 Å². The molecule has 1 unspecified atom stereocenters. The van der Waals surface area contributed by atoms with Gasteiger partial charge in [-0.25, -0.2) is 9.69 Å². The van der Waals surface area contributed by atoms with E-state index in [1.807, 2.05) is 6.07 Å². The van der Waals surface area contributed by atoms with Gasteiger partial charge in [0.25, 0.3) is 11.8 Å². The lowest BCUT2D eigenvalue weighted by Gasteiger charge is -2.25. The second-order valence-corrected chi connectivity index (χ2v) is 6.77. The highest BCUT2D eigenvalue weighted by atomic mass is 16.6. The van der Waals surface area contributed by atoms with Gasteiger partial charge in [0.1, 0.15) is 12.4 Å². The van der Waals surface area contributed by atoms with Gasteiger partial charge in [0.05, 0.1) is 16.8 Å². The van der Waals surface area contributed by atoms with Crippen molar-refractivity contribution >= 4 is 23.5 Å². The second-order valence-electron chi connectivity index (χ2n) is 6.77. The summed E-state index contributed by atoms with van der Waals surface area (Å²) in [6, 6.07) is 19.9. The molecule has 0 N–H and O–H groups in total. The van der Waals surface area contributed by atoms with Crippen molar-refractivity contribution in [3.05, 3.63) is 83.9 Å². The molecule has 7 nitrogen and oxygen atoms in total. The van der Waals surface area contributed by atoms with Crippen LogP contribution in [0.4, 0.5) is 5.69 Å². The highest BCUT2D eigenvalue weighted by Crippen LogP contribution is 2.32. The number of benzene rings is 3. The van der Waals surface area contributed by atoms with Crippen LogP contribution >= 0.6 is 0 Å². The van der Waals surface area contributed by atoms with Crippen LogP contribution in [0, 0.1) is 0 Å². The molecule has 2 aliphatic rings. The summed E-state index contributed by atoms with van der Waals surface area (Å²) < 4.78 is 16.6. The summed E-state index contributed by atoms with van der Waals surface area (Å²) in [6.45, 7) is 0.0218. The van der Waals surface area contributed by atoms with E-state index >= 15 is 0 Å². The lowest BCUT2D eigenvalue weighted by molar-refractivity contribution is -0.144. The number of fused-ring (bicyclic) bond motifs is 2. The van der Waals surface area contributed by atoms with Gasteiger partial charge in [-0.05, 0) is 36.4 Å². The van der Waals surface area contributed by atoms with Gasteiger partial charge in [-0.2, -0.15) is 0 Å². The summed E-state index contributed by atoms with van der Waals surface area (Å²) in [7, 11) is 0. The standard InChI is InChI=1S/C23H15NO6/c25-21-16-8-1-2-9-17(16)22(26)24(21)14-6-5-7-15(12-14)29-23(27)20-13-28-18-10-3-4-11-19(18)30-20/h1-12,20H,13H2. The van der Waals surface area contributed by atoms with Crippen LogP contribution in [0.2, 0.25) is 0 Å². The SMILES string of the molecule is O=C(Oc1cccc(N2C(=O)c3ccccc3C2=O)c1)C1COc2ccccc2O1. The number of imide groups is 1. The summed E-state index contributed by atoms with van der Waals surface area (Å²) >= 11 is 0. The lowest BCUT2D eigenvalue weighted by atomic mass is 10.1. The molecule has 30 heavy (non-hydrogen) atoms. The molecule has 148 valence electrons. The average molecular weight is 401 g/mol. The zero-order valence-electron chi connectivity index (χ0n) is 15.6. The van der Waals surface area contributed by atoms with Gasteiger partial charge in [-0.1, -0.05) is 30.3 Å². The Morgan fingerprint density at radius 3 is 2.27 bits per heavy atom. The Hall–Kier alpha value is -4.13. The quantitative estimate of drug-likeness (QED) is 0.381. The normalized spacial score (nSPS) is 16.9. The molecule has 2 aliphatic heterocycles. The third kappa shape index (κ3) is 2.97. The minimum absolute atomic E-state index is 0.0218. The Labute approximate surface area is 171 Å². The van der Waals surface area contributed by atoms with Crippen LogP contribution in [-0.4, -0.2) is 30.5 Å². The van der Waals surface area contributed by atoms with Crippen molar-refractivity contribution < 1.29 is 28.6 Å². The van der Waals surface area contributed by atoms with Crippen molar-refractivity contribution in [1.82, 2.24) is 0 Å². The highest BCUT2D eigenvalue weighted by Gasteiger charge is 2.36. The van der Waals surface area contributed by atoms with E-state index in [-0.39, 0.29) is 12.4 Å². The van der Waals surface area contributed by atoms with Gasteiger partial charge >= 0.3 is 5.97 Å². The average Bonchev–Trinajstić information content (AvgIpc) is 3.04. The molecule has 0 bridgehead atoms. The van der Waals surface area contributed by atoms with Crippen LogP contribution in [0.15, 0.2) is 72.8 Å². The van der Waals surface area contributed by atoms with E-state index in [0.29, 0.717) is 28.3 Å². The molecule has 0 fully saturated rings. The number of esters is 1. The molecular formula is C23H15NO6.